The summed E-state index contributed by atoms with van der Waals surface area (Å²) in [5.74, 6) is 0.0538. The molecule has 0 aliphatic heterocycles. The minimum atomic E-state index is -3.43. The lowest BCUT2D eigenvalue weighted by Crippen LogP contribution is -2.06. The number of nitrogens with two attached hydrogens (primary N) is 1. The van der Waals surface area contributed by atoms with Gasteiger partial charge in [0.05, 0.1) is 11.4 Å². The number of hydrogen-bond acceptors (Lipinski definition) is 6. The van der Waals surface area contributed by atoms with Crippen molar-refractivity contribution in [2.45, 2.75) is 17.2 Å². The molecule has 0 unspecified atom stereocenters. The number of sulfone groups is 1. The highest BCUT2D eigenvalue weighted by molar-refractivity contribution is 7.90. The molecule has 0 fully saturated rings. The molecule has 0 saturated heterocycles. The first-order valence-electron chi connectivity index (χ1n) is 4.91. The fraction of sp³-hybridized carbons (Fsp3) is 0.200. The van der Waals surface area contributed by atoms with E-state index in [2.05, 4.69) is 10.1 Å². The second-order valence-corrected chi connectivity index (χ2v) is 5.37. The van der Waals surface area contributed by atoms with Crippen molar-refractivity contribution in [2.24, 2.45) is 5.73 Å². The van der Waals surface area contributed by atoms with E-state index in [-0.39, 0.29) is 28.9 Å². The van der Waals surface area contributed by atoms with Gasteiger partial charge in [-0.15, -0.1) is 0 Å². The Bertz CT molecular complexity index is 592. The minimum Gasteiger partial charge on any atom is -0.338 e. The van der Waals surface area contributed by atoms with E-state index in [0.717, 1.165) is 0 Å². The Morgan fingerprint density at radius 3 is 2.53 bits per heavy atom. The Morgan fingerprint density at radius 2 is 1.94 bits per heavy atom. The van der Waals surface area contributed by atoms with Crippen molar-refractivity contribution in [3.8, 4) is 0 Å². The monoisotopic (exact) mass is 253 g/mol. The predicted molar refractivity (Wildman–Crippen MR) is 59.5 cm³/mol. The van der Waals surface area contributed by atoms with Gasteiger partial charge in [-0.2, -0.15) is 4.98 Å². The molecular weight excluding hydrogens is 242 g/mol. The first-order valence-corrected chi connectivity index (χ1v) is 6.56. The lowest BCUT2D eigenvalue weighted by molar-refractivity contribution is 0.376. The third kappa shape index (κ3) is 2.69. The molecule has 2 rings (SSSR count). The van der Waals surface area contributed by atoms with Gasteiger partial charge in [0, 0.05) is 0 Å². The van der Waals surface area contributed by atoms with Gasteiger partial charge in [0.1, 0.15) is 5.75 Å². The molecule has 2 aromatic rings. The highest BCUT2D eigenvalue weighted by Crippen LogP contribution is 2.14. The lowest BCUT2D eigenvalue weighted by Gasteiger charge is -2.00. The normalized spacial score (nSPS) is 11.6. The van der Waals surface area contributed by atoms with Gasteiger partial charge in [0.25, 0.3) is 0 Å². The maximum atomic E-state index is 11.9. The van der Waals surface area contributed by atoms with E-state index in [4.69, 9.17) is 10.3 Å². The SMILES string of the molecule is NCc1nc(CS(=O)(=O)c2ccccc2)no1. The molecule has 0 amide bonds. The third-order valence-corrected chi connectivity index (χ3v) is 3.73. The van der Waals surface area contributed by atoms with Gasteiger partial charge < -0.3 is 10.3 Å². The molecule has 0 atom stereocenters. The highest BCUT2D eigenvalue weighted by atomic mass is 32.2. The standard InChI is InChI=1S/C10H11N3O3S/c11-6-10-12-9(13-16-10)7-17(14,15)8-4-2-1-3-5-8/h1-5H,6-7,11H2. The van der Waals surface area contributed by atoms with E-state index in [1.54, 1.807) is 18.2 Å². The maximum Gasteiger partial charge on any atom is 0.240 e. The Balaban J connectivity index is 2.24. The largest absolute Gasteiger partial charge is 0.338 e. The molecule has 17 heavy (non-hydrogen) atoms. The van der Waals surface area contributed by atoms with Gasteiger partial charge in [-0.1, -0.05) is 23.4 Å². The molecule has 0 aliphatic rings. The molecule has 90 valence electrons. The van der Waals surface area contributed by atoms with Crippen molar-refractivity contribution in [2.75, 3.05) is 0 Å². The molecule has 0 aliphatic carbocycles. The van der Waals surface area contributed by atoms with E-state index in [9.17, 15) is 8.42 Å². The third-order valence-electron chi connectivity index (χ3n) is 2.11. The molecule has 0 spiro atoms. The molecular formula is C10H11N3O3S. The van der Waals surface area contributed by atoms with Crippen molar-refractivity contribution < 1.29 is 12.9 Å². The van der Waals surface area contributed by atoms with Crippen LogP contribution in [0.4, 0.5) is 0 Å². The number of nitrogens with zero attached hydrogens (tertiary/aromatic N) is 2. The van der Waals surface area contributed by atoms with E-state index < -0.39 is 9.84 Å². The van der Waals surface area contributed by atoms with Crippen LogP contribution in [0, 0.1) is 0 Å². The Labute approximate surface area is 98.4 Å². The van der Waals surface area contributed by atoms with E-state index >= 15 is 0 Å². The zero-order chi connectivity index (χ0) is 12.3. The first kappa shape index (κ1) is 11.7. The van der Waals surface area contributed by atoms with Crippen LogP contribution in [-0.4, -0.2) is 18.6 Å². The van der Waals surface area contributed by atoms with Crippen molar-refractivity contribution in [1.29, 1.82) is 0 Å². The summed E-state index contributed by atoms with van der Waals surface area (Å²) in [6, 6.07) is 8.13. The quantitative estimate of drug-likeness (QED) is 0.851. The molecule has 0 saturated carbocycles. The number of hydrogen-bond donors (Lipinski definition) is 1. The number of rotatable bonds is 4. The Morgan fingerprint density at radius 1 is 1.24 bits per heavy atom. The van der Waals surface area contributed by atoms with Crippen molar-refractivity contribution in [1.82, 2.24) is 10.1 Å². The zero-order valence-corrected chi connectivity index (χ0v) is 9.72. The van der Waals surface area contributed by atoms with Gasteiger partial charge in [-0.3, -0.25) is 0 Å². The van der Waals surface area contributed by atoms with E-state index in [1.165, 1.54) is 12.1 Å². The van der Waals surface area contributed by atoms with Gasteiger partial charge in [0.15, 0.2) is 15.7 Å². The topological polar surface area (TPSA) is 99.1 Å². The summed E-state index contributed by atoms with van der Waals surface area (Å²) in [5.41, 5.74) is 5.29. The second kappa shape index (κ2) is 4.64. The van der Waals surface area contributed by atoms with Crippen LogP contribution in [0.15, 0.2) is 39.8 Å². The summed E-state index contributed by atoms with van der Waals surface area (Å²) >= 11 is 0. The van der Waals surface area contributed by atoms with Crippen molar-refractivity contribution in [3.63, 3.8) is 0 Å². The van der Waals surface area contributed by atoms with Crippen LogP contribution in [0.1, 0.15) is 11.7 Å². The summed E-state index contributed by atoms with van der Waals surface area (Å²) in [7, 11) is -3.43. The molecule has 2 N–H and O–H groups in total. The van der Waals surface area contributed by atoms with Crippen LogP contribution in [0.5, 0.6) is 0 Å². The highest BCUT2D eigenvalue weighted by Gasteiger charge is 2.18. The second-order valence-electron chi connectivity index (χ2n) is 3.38. The van der Waals surface area contributed by atoms with Crippen LogP contribution in [0.3, 0.4) is 0 Å². The van der Waals surface area contributed by atoms with Crippen LogP contribution in [-0.2, 0) is 22.1 Å². The van der Waals surface area contributed by atoms with Gasteiger partial charge in [0.2, 0.25) is 5.89 Å². The molecule has 7 heteroatoms. The smallest absolute Gasteiger partial charge is 0.240 e. The molecule has 1 heterocycles. The summed E-state index contributed by atoms with van der Waals surface area (Å²) in [4.78, 5) is 4.09. The fourth-order valence-electron chi connectivity index (χ4n) is 1.31. The van der Waals surface area contributed by atoms with Gasteiger partial charge in [-0.25, -0.2) is 8.42 Å². The average molecular weight is 253 g/mol. The molecule has 0 bridgehead atoms. The van der Waals surface area contributed by atoms with Gasteiger partial charge >= 0.3 is 0 Å². The van der Waals surface area contributed by atoms with Crippen LogP contribution in [0.2, 0.25) is 0 Å². The minimum absolute atomic E-state index is 0.0956. The molecule has 1 aromatic carbocycles. The lowest BCUT2D eigenvalue weighted by atomic mass is 10.4. The van der Waals surface area contributed by atoms with Crippen LogP contribution in [0.25, 0.3) is 0 Å². The van der Waals surface area contributed by atoms with Gasteiger partial charge in [-0.05, 0) is 12.1 Å². The molecule has 6 nitrogen and oxygen atoms in total. The van der Waals surface area contributed by atoms with E-state index in [1.807, 2.05) is 0 Å². The van der Waals surface area contributed by atoms with E-state index in [0.29, 0.717) is 0 Å². The van der Waals surface area contributed by atoms with Crippen molar-refractivity contribution >= 4 is 9.84 Å². The Hall–Kier alpha value is -1.73. The Kier molecular flexibility index (Phi) is 3.21. The maximum absolute atomic E-state index is 11.9. The van der Waals surface area contributed by atoms with Crippen molar-refractivity contribution in [3.05, 3.63) is 42.0 Å². The van der Waals surface area contributed by atoms with Crippen LogP contribution >= 0.6 is 0 Å². The fourth-order valence-corrected chi connectivity index (χ4v) is 2.51. The number of benzene rings is 1. The molecule has 0 radical (unpaired) electrons. The average Bonchev–Trinajstić information content (AvgIpc) is 2.77. The molecule has 1 aromatic heterocycles. The number of aromatic nitrogens is 2. The summed E-state index contributed by atoms with van der Waals surface area (Å²) in [5, 5.41) is 3.55. The summed E-state index contributed by atoms with van der Waals surface area (Å²) in [6.07, 6.45) is 0. The summed E-state index contributed by atoms with van der Waals surface area (Å²) in [6.45, 7) is 0.0956. The summed E-state index contributed by atoms with van der Waals surface area (Å²) < 4.78 is 28.6. The zero-order valence-electron chi connectivity index (χ0n) is 8.91. The predicted octanol–water partition coefficient (Wildman–Crippen LogP) is 0.502. The first-order chi connectivity index (χ1) is 8.12. The van der Waals surface area contributed by atoms with Crippen LogP contribution < -0.4 is 5.73 Å².